The fourth-order valence-electron chi connectivity index (χ4n) is 4.54. The highest BCUT2D eigenvalue weighted by atomic mass is 32.2. The van der Waals surface area contributed by atoms with E-state index in [0.29, 0.717) is 30.9 Å². The molecular formula is C24H28FN3O3S2. The quantitative estimate of drug-likeness (QED) is 0.449. The van der Waals surface area contributed by atoms with Crippen molar-refractivity contribution in [2.45, 2.75) is 61.1 Å². The van der Waals surface area contributed by atoms with Gasteiger partial charge in [-0.1, -0.05) is 17.8 Å². The van der Waals surface area contributed by atoms with Crippen LogP contribution in [0.5, 0.6) is 0 Å². The maximum Gasteiger partial charge on any atom is 0.243 e. The molecule has 0 N–H and O–H groups in total. The summed E-state index contributed by atoms with van der Waals surface area (Å²) in [5.41, 5.74) is 3.51. The van der Waals surface area contributed by atoms with Gasteiger partial charge in [0.15, 0.2) is 5.16 Å². The number of halogens is 1. The topological polar surface area (TPSA) is 64.4 Å². The Balaban J connectivity index is 1.49. The van der Waals surface area contributed by atoms with Crippen LogP contribution in [0.25, 0.3) is 11.0 Å². The van der Waals surface area contributed by atoms with E-state index in [0.717, 1.165) is 54.1 Å². The van der Waals surface area contributed by atoms with Gasteiger partial charge in [-0.25, -0.2) is 17.8 Å². The van der Waals surface area contributed by atoms with E-state index in [1.807, 2.05) is 13.0 Å². The standard InChI is InChI=1S/C24H28FN3O3S2/c1-17-6-7-19(25)13-18(17)16-32-24-26-22-14-21(33(29,30)27-10-2-3-11-27)8-9-23(22)28(24)15-20-5-4-12-31-20/h6-9,13-14,20H,2-5,10-12,15-16H2,1H3/t20-/m1/s1. The first-order valence-electron chi connectivity index (χ1n) is 11.4. The van der Waals surface area contributed by atoms with Crippen molar-refractivity contribution in [2.24, 2.45) is 0 Å². The van der Waals surface area contributed by atoms with Crippen LogP contribution < -0.4 is 0 Å². The summed E-state index contributed by atoms with van der Waals surface area (Å²) in [7, 11) is -3.51. The second-order valence-corrected chi connectivity index (χ2v) is 11.6. The zero-order chi connectivity index (χ0) is 23.0. The number of ether oxygens (including phenoxy) is 1. The summed E-state index contributed by atoms with van der Waals surface area (Å²) in [4.78, 5) is 5.10. The number of thioether (sulfide) groups is 1. The molecule has 2 fully saturated rings. The minimum absolute atomic E-state index is 0.116. The highest BCUT2D eigenvalue weighted by Crippen LogP contribution is 2.31. The number of aromatic nitrogens is 2. The van der Waals surface area contributed by atoms with Gasteiger partial charge in [-0.05, 0) is 74.1 Å². The number of sulfonamides is 1. The first-order valence-corrected chi connectivity index (χ1v) is 13.8. The zero-order valence-electron chi connectivity index (χ0n) is 18.7. The number of nitrogens with zero attached hydrogens (tertiary/aromatic N) is 3. The van der Waals surface area contributed by atoms with Gasteiger partial charge in [0.1, 0.15) is 5.82 Å². The number of aryl methyl sites for hydroxylation is 1. The number of hydrogen-bond acceptors (Lipinski definition) is 5. The summed E-state index contributed by atoms with van der Waals surface area (Å²) in [6.45, 7) is 4.55. The molecule has 6 nitrogen and oxygen atoms in total. The van der Waals surface area contributed by atoms with E-state index in [-0.39, 0.29) is 16.8 Å². The highest BCUT2D eigenvalue weighted by molar-refractivity contribution is 7.98. The molecule has 2 aromatic carbocycles. The van der Waals surface area contributed by atoms with Gasteiger partial charge in [-0.2, -0.15) is 4.31 Å². The Hall–Kier alpha value is -1.94. The summed E-state index contributed by atoms with van der Waals surface area (Å²) in [5, 5.41) is 0.792. The molecule has 0 radical (unpaired) electrons. The third-order valence-corrected chi connectivity index (χ3v) is 9.39. The second-order valence-electron chi connectivity index (χ2n) is 8.76. The maximum atomic E-state index is 13.8. The van der Waals surface area contributed by atoms with Crippen LogP contribution in [0, 0.1) is 12.7 Å². The first-order chi connectivity index (χ1) is 15.9. The first kappa shape index (κ1) is 22.8. The average Bonchev–Trinajstić information content (AvgIpc) is 3.56. The van der Waals surface area contributed by atoms with Gasteiger partial charge in [-0.3, -0.25) is 0 Å². The number of hydrogen-bond donors (Lipinski definition) is 0. The Morgan fingerprint density at radius 2 is 1.97 bits per heavy atom. The van der Waals surface area contributed by atoms with Crippen molar-refractivity contribution >= 4 is 32.8 Å². The summed E-state index contributed by atoms with van der Waals surface area (Å²) in [6.07, 6.45) is 3.95. The van der Waals surface area contributed by atoms with Gasteiger partial charge in [0.2, 0.25) is 10.0 Å². The number of fused-ring (bicyclic) bond motifs is 1. The Morgan fingerprint density at radius 1 is 1.15 bits per heavy atom. The highest BCUT2D eigenvalue weighted by Gasteiger charge is 2.28. The lowest BCUT2D eigenvalue weighted by atomic mass is 10.1. The van der Waals surface area contributed by atoms with E-state index in [1.54, 1.807) is 40.3 Å². The molecule has 0 amide bonds. The molecule has 0 unspecified atom stereocenters. The van der Waals surface area contributed by atoms with Gasteiger partial charge in [0.05, 0.1) is 28.6 Å². The monoisotopic (exact) mass is 489 g/mol. The number of rotatable bonds is 7. The van der Waals surface area contributed by atoms with Gasteiger partial charge >= 0.3 is 0 Å². The summed E-state index contributed by atoms with van der Waals surface area (Å²) in [5.74, 6) is 0.331. The van der Waals surface area contributed by atoms with Gasteiger partial charge in [0.25, 0.3) is 0 Å². The lowest BCUT2D eigenvalue weighted by Gasteiger charge is -2.16. The van der Waals surface area contributed by atoms with E-state index >= 15 is 0 Å². The van der Waals surface area contributed by atoms with E-state index < -0.39 is 10.0 Å². The lowest BCUT2D eigenvalue weighted by molar-refractivity contribution is 0.0960. The smallest absolute Gasteiger partial charge is 0.243 e. The molecule has 2 aliphatic heterocycles. The minimum atomic E-state index is -3.51. The molecule has 33 heavy (non-hydrogen) atoms. The van der Waals surface area contributed by atoms with Crippen molar-refractivity contribution in [3.8, 4) is 0 Å². The van der Waals surface area contributed by atoms with E-state index in [1.165, 1.54) is 6.07 Å². The van der Waals surface area contributed by atoms with E-state index in [9.17, 15) is 12.8 Å². The van der Waals surface area contributed by atoms with Crippen molar-refractivity contribution in [1.29, 1.82) is 0 Å². The molecule has 9 heteroatoms. The molecule has 3 heterocycles. The molecule has 1 atom stereocenters. The Morgan fingerprint density at radius 3 is 2.73 bits per heavy atom. The number of benzene rings is 2. The number of imidazole rings is 1. The molecule has 0 aliphatic carbocycles. The van der Waals surface area contributed by atoms with Crippen molar-refractivity contribution < 1.29 is 17.5 Å². The Kier molecular flexibility index (Phi) is 6.48. The van der Waals surface area contributed by atoms with Crippen molar-refractivity contribution in [3.63, 3.8) is 0 Å². The molecule has 0 bridgehead atoms. The molecule has 2 aliphatic rings. The normalized spacial score (nSPS) is 19.6. The fourth-order valence-corrected chi connectivity index (χ4v) is 7.17. The van der Waals surface area contributed by atoms with Crippen LogP contribution in [0.4, 0.5) is 4.39 Å². The van der Waals surface area contributed by atoms with E-state index in [4.69, 9.17) is 9.72 Å². The Labute approximate surface area is 198 Å². The van der Waals surface area contributed by atoms with Gasteiger partial charge in [0, 0.05) is 25.4 Å². The third-order valence-electron chi connectivity index (χ3n) is 6.47. The summed E-state index contributed by atoms with van der Waals surface area (Å²) < 4.78 is 49.4. The minimum Gasteiger partial charge on any atom is -0.376 e. The lowest BCUT2D eigenvalue weighted by Crippen LogP contribution is -2.27. The summed E-state index contributed by atoms with van der Waals surface area (Å²) in [6, 6.07) is 10.1. The third kappa shape index (κ3) is 4.69. The molecule has 2 saturated heterocycles. The van der Waals surface area contributed by atoms with Crippen molar-refractivity contribution in [3.05, 3.63) is 53.3 Å². The van der Waals surface area contributed by atoms with Crippen LogP contribution in [0.3, 0.4) is 0 Å². The van der Waals surface area contributed by atoms with E-state index in [2.05, 4.69) is 4.57 Å². The van der Waals surface area contributed by atoms with Crippen LogP contribution in [0.2, 0.25) is 0 Å². The van der Waals surface area contributed by atoms with Crippen molar-refractivity contribution in [1.82, 2.24) is 13.9 Å². The SMILES string of the molecule is Cc1ccc(F)cc1CSc1nc2cc(S(=O)(=O)N3CCCC3)ccc2n1C[C@H]1CCCO1. The summed E-state index contributed by atoms with van der Waals surface area (Å²) >= 11 is 1.54. The second kappa shape index (κ2) is 9.37. The molecular weight excluding hydrogens is 461 g/mol. The maximum absolute atomic E-state index is 13.8. The van der Waals surface area contributed by atoms with Crippen LogP contribution in [-0.2, 0) is 27.1 Å². The van der Waals surface area contributed by atoms with Gasteiger partial charge in [-0.15, -0.1) is 0 Å². The molecule has 5 rings (SSSR count). The fraction of sp³-hybridized carbons (Fsp3) is 0.458. The van der Waals surface area contributed by atoms with Crippen LogP contribution >= 0.6 is 11.8 Å². The molecule has 1 aromatic heterocycles. The van der Waals surface area contributed by atoms with Crippen LogP contribution in [0.15, 0.2) is 46.5 Å². The average molecular weight is 490 g/mol. The predicted octanol–water partition coefficient (Wildman–Crippen LogP) is 4.74. The molecule has 176 valence electrons. The molecule has 0 saturated carbocycles. The van der Waals surface area contributed by atoms with Crippen LogP contribution in [-0.4, -0.2) is 48.1 Å². The van der Waals surface area contributed by atoms with Gasteiger partial charge < -0.3 is 9.30 Å². The largest absolute Gasteiger partial charge is 0.376 e. The van der Waals surface area contributed by atoms with Crippen molar-refractivity contribution in [2.75, 3.05) is 19.7 Å². The predicted molar refractivity (Wildman–Crippen MR) is 127 cm³/mol. The molecule has 0 spiro atoms. The molecule has 3 aromatic rings. The van der Waals surface area contributed by atoms with Crippen LogP contribution in [0.1, 0.15) is 36.8 Å². The Bertz CT molecular complexity index is 1260. The zero-order valence-corrected chi connectivity index (χ0v) is 20.3.